The van der Waals surface area contributed by atoms with E-state index in [0.29, 0.717) is 12.8 Å². The van der Waals surface area contributed by atoms with E-state index in [1.54, 1.807) is 0 Å². The van der Waals surface area contributed by atoms with Crippen LogP contribution >= 0.6 is 0 Å². The van der Waals surface area contributed by atoms with Crippen molar-refractivity contribution in [3.63, 3.8) is 0 Å². The van der Waals surface area contributed by atoms with Crippen molar-refractivity contribution in [3.8, 4) is 0 Å². The number of fused-ring (bicyclic) bond motifs is 1. The average molecular weight is 291 g/mol. The van der Waals surface area contributed by atoms with Crippen LogP contribution in [-0.4, -0.2) is 33.0 Å². The highest BCUT2D eigenvalue weighted by molar-refractivity contribution is 5.83. The number of carboxylic acids is 1. The van der Waals surface area contributed by atoms with E-state index < -0.39 is 12.0 Å². The summed E-state index contributed by atoms with van der Waals surface area (Å²) in [6, 6.07) is 4.70. The van der Waals surface area contributed by atoms with Gasteiger partial charge in [-0.25, -0.2) is 4.79 Å². The van der Waals surface area contributed by atoms with Crippen molar-refractivity contribution >= 4 is 22.9 Å². The largest absolute Gasteiger partial charge is 0.480 e. The molecule has 21 heavy (non-hydrogen) atoms. The van der Waals surface area contributed by atoms with E-state index in [1.165, 1.54) is 6.92 Å². The second-order valence-electron chi connectivity index (χ2n) is 4.94. The predicted octanol–water partition coefficient (Wildman–Crippen LogP) is 0.768. The topological polar surface area (TPSA) is 115 Å². The molecule has 0 bridgehead atoms. The van der Waals surface area contributed by atoms with E-state index in [1.807, 2.05) is 18.2 Å². The summed E-state index contributed by atoms with van der Waals surface area (Å²) >= 11 is 0. The van der Waals surface area contributed by atoms with Crippen LogP contribution in [-0.2, 0) is 16.0 Å². The number of rotatable bonds is 6. The number of imidazole rings is 1. The van der Waals surface area contributed by atoms with Crippen LogP contribution in [0.3, 0.4) is 0 Å². The van der Waals surface area contributed by atoms with E-state index in [2.05, 4.69) is 15.3 Å². The van der Waals surface area contributed by atoms with E-state index in [-0.39, 0.29) is 18.0 Å². The van der Waals surface area contributed by atoms with Gasteiger partial charge in [-0.2, -0.15) is 0 Å². The zero-order chi connectivity index (χ0) is 15.4. The van der Waals surface area contributed by atoms with Crippen LogP contribution in [0.4, 0.5) is 0 Å². The Balaban J connectivity index is 1.85. The van der Waals surface area contributed by atoms with Gasteiger partial charge in [-0.15, -0.1) is 0 Å². The smallest absolute Gasteiger partial charge is 0.325 e. The molecule has 0 aliphatic carbocycles. The Bertz CT molecular complexity index is 716. The van der Waals surface area contributed by atoms with Gasteiger partial charge in [-0.05, 0) is 37.5 Å². The van der Waals surface area contributed by atoms with Crippen molar-refractivity contribution < 1.29 is 14.7 Å². The molecule has 0 spiro atoms. The zero-order valence-corrected chi connectivity index (χ0v) is 11.6. The summed E-state index contributed by atoms with van der Waals surface area (Å²) in [5.74, 6) is -1.33. The Kier molecular flexibility index (Phi) is 4.42. The Labute approximate surface area is 120 Å². The molecule has 112 valence electrons. The van der Waals surface area contributed by atoms with E-state index >= 15 is 0 Å². The molecule has 0 saturated carbocycles. The SMILES string of the molecule is CC(NC(=O)CCCc1ccc2[nH]c(=O)[nH]c2c1)C(=O)O. The van der Waals surface area contributed by atoms with Crippen molar-refractivity contribution in [1.29, 1.82) is 0 Å². The molecule has 0 aliphatic rings. The summed E-state index contributed by atoms with van der Waals surface area (Å²) in [6.07, 6.45) is 1.55. The van der Waals surface area contributed by atoms with Crippen LogP contribution in [0, 0.1) is 0 Å². The fourth-order valence-corrected chi connectivity index (χ4v) is 2.06. The van der Waals surface area contributed by atoms with Crippen LogP contribution in [0.25, 0.3) is 11.0 Å². The number of benzene rings is 1. The Morgan fingerprint density at radius 3 is 2.71 bits per heavy atom. The van der Waals surface area contributed by atoms with Crippen LogP contribution in [0.15, 0.2) is 23.0 Å². The highest BCUT2D eigenvalue weighted by atomic mass is 16.4. The van der Waals surface area contributed by atoms with Gasteiger partial charge in [-0.3, -0.25) is 9.59 Å². The van der Waals surface area contributed by atoms with Gasteiger partial charge in [0.05, 0.1) is 11.0 Å². The number of hydrogen-bond acceptors (Lipinski definition) is 3. The molecular formula is C14H17N3O4. The van der Waals surface area contributed by atoms with E-state index in [4.69, 9.17) is 5.11 Å². The summed E-state index contributed by atoms with van der Waals surface area (Å²) in [5.41, 5.74) is 2.25. The van der Waals surface area contributed by atoms with Gasteiger partial charge >= 0.3 is 11.7 Å². The van der Waals surface area contributed by atoms with Gasteiger partial charge in [0.2, 0.25) is 5.91 Å². The first-order valence-electron chi connectivity index (χ1n) is 6.69. The number of aromatic nitrogens is 2. The molecule has 1 atom stereocenters. The molecule has 2 rings (SSSR count). The summed E-state index contributed by atoms with van der Waals surface area (Å²) < 4.78 is 0. The third-order valence-electron chi connectivity index (χ3n) is 3.20. The number of nitrogens with one attached hydrogen (secondary N) is 3. The molecule has 7 heteroatoms. The number of amides is 1. The minimum Gasteiger partial charge on any atom is -0.480 e. The summed E-state index contributed by atoms with van der Waals surface area (Å²) in [4.78, 5) is 38.6. The molecule has 1 heterocycles. The lowest BCUT2D eigenvalue weighted by atomic mass is 10.1. The number of carbonyl (C=O) groups excluding carboxylic acids is 1. The first-order chi connectivity index (χ1) is 9.95. The maximum absolute atomic E-state index is 11.5. The molecule has 0 fully saturated rings. The van der Waals surface area contributed by atoms with Crippen LogP contribution in [0.1, 0.15) is 25.3 Å². The number of carbonyl (C=O) groups is 2. The second kappa shape index (κ2) is 6.25. The third-order valence-corrected chi connectivity index (χ3v) is 3.20. The minimum absolute atomic E-state index is 0.246. The number of carboxylic acid groups (broad SMARTS) is 1. The highest BCUT2D eigenvalue weighted by Crippen LogP contribution is 2.12. The van der Waals surface area contributed by atoms with Crippen LogP contribution in [0.5, 0.6) is 0 Å². The molecule has 0 saturated heterocycles. The normalized spacial score (nSPS) is 12.2. The molecule has 2 aromatic rings. The molecule has 0 radical (unpaired) electrons. The van der Waals surface area contributed by atoms with E-state index in [9.17, 15) is 14.4 Å². The average Bonchev–Trinajstić information content (AvgIpc) is 2.77. The molecule has 7 nitrogen and oxygen atoms in total. The Hall–Kier alpha value is -2.57. The lowest BCUT2D eigenvalue weighted by Gasteiger charge is -2.08. The quantitative estimate of drug-likeness (QED) is 0.629. The molecule has 1 aromatic carbocycles. The molecule has 1 amide bonds. The van der Waals surface area contributed by atoms with Gasteiger partial charge in [0.25, 0.3) is 0 Å². The van der Waals surface area contributed by atoms with Crippen molar-refractivity contribution in [2.24, 2.45) is 0 Å². The second-order valence-corrected chi connectivity index (χ2v) is 4.94. The number of aromatic amines is 2. The number of aliphatic carboxylic acids is 1. The third kappa shape index (κ3) is 3.95. The molecule has 1 aromatic heterocycles. The predicted molar refractivity (Wildman–Crippen MR) is 77.1 cm³/mol. The zero-order valence-electron chi connectivity index (χ0n) is 11.6. The summed E-state index contributed by atoms with van der Waals surface area (Å²) in [7, 11) is 0. The lowest BCUT2D eigenvalue weighted by Crippen LogP contribution is -2.38. The first-order valence-corrected chi connectivity index (χ1v) is 6.69. The fourth-order valence-electron chi connectivity index (χ4n) is 2.06. The van der Waals surface area contributed by atoms with Crippen molar-refractivity contribution in [2.75, 3.05) is 0 Å². The standard InChI is InChI=1S/C14H17N3O4/c1-8(13(19)20)15-12(18)4-2-3-9-5-6-10-11(7-9)17-14(21)16-10/h5-8H,2-4H2,1H3,(H,15,18)(H,19,20)(H2,16,17,21). The van der Waals surface area contributed by atoms with Gasteiger partial charge < -0.3 is 20.4 Å². The first kappa shape index (κ1) is 14.8. The number of aryl methyl sites for hydroxylation is 1. The maximum atomic E-state index is 11.5. The Morgan fingerprint density at radius 1 is 1.29 bits per heavy atom. The van der Waals surface area contributed by atoms with Gasteiger partial charge in [-0.1, -0.05) is 6.07 Å². The molecule has 0 aliphatic heterocycles. The lowest BCUT2D eigenvalue weighted by molar-refractivity contribution is -0.141. The Morgan fingerprint density at radius 2 is 2.00 bits per heavy atom. The van der Waals surface area contributed by atoms with E-state index in [0.717, 1.165) is 16.6 Å². The summed E-state index contributed by atoms with van der Waals surface area (Å²) in [5, 5.41) is 11.1. The minimum atomic E-state index is -1.05. The van der Waals surface area contributed by atoms with Crippen molar-refractivity contribution in [1.82, 2.24) is 15.3 Å². The molecular weight excluding hydrogens is 274 g/mol. The number of hydrogen-bond donors (Lipinski definition) is 4. The summed E-state index contributed by atoms with van der Waals surface area (Å²) in [6.45, 7) is 1.43. The van der Waals surface area contributed by atoms with Gasteiger partial charge in [0, 0.05) is 6.42 Å². The maximum Gasteiger partial charge on any atom is 0.325 e. The monoisotopic (exact) mass is 291 g/mol. The fraction of sp³-hybridized carbons (Fsp3) is 0.357. The van der Waals surface area contributed by atoms with Crippen molar-refractivity contribution in [3.05, 3.63) is 34.2 Å². The molecule has 1 unspecified atom stereocenters. The highest BCUT2D eigenvalue weighted by Gasteiger charge is 2.13. The number of H-pyrrole nitrogens is 2. The van der Waals surface area contributed by atoms with Crippen LogP contribution < -0.4 is 11.0 Å². The van der Waals surface area contributed by atoms with Gasteiger partial charge in [0.1, 0.15) is 6.04 Å². The van der Waals surface area contributed by atoms with Crippen molar-refractivity contribution in [2.45, 2.75) is 32.2 Å². The van der Waals surface area contributed by atoms with Gasteiger partial charge in [0.15, 0.2) is 0 Å². The molecule has 4 N–H and O–H groups in total. The van der Waals surface area contributed by atoms with Crippen LogP contribution in [0.2, 0.25) is 0 Å².